The molecule has 0 atom stereocenters. The second kappa shape index (κ2) is 5.44. The number of nitrogens with zero attached hydrogens (tertiary/aromatic N) is 1. The molecule has 0 aliphatic carbocycles. The molecule has 0 N–H and O–H groups in total. The van der Waals surface area contributed by atoms with Crippen molar-refractivity contribution in [3.8, 4) is 0 Å². The maximum Gasteiger partial charge on any atom is 0.331 e. The van der Waals surface area contributed by atoms with E-state index >= 15 is 0 Å². The Morgan fingerprint density at radius 3 is 3.00 bits per heavy atom. The number of carbonyl (C=O) groups is 1. The van der Waals surface area contributed by atoms with Crippen molar-refractivity contribution in [2.24, 2.45) is 7.05 Å². The Morgan fingerprint density at radius 2 is 2.36 bits per heavy atom. The van der Waals surface area contributed by atoms with Gasteiger partial charge in [0.25, 0.3) is 0 Å². The largest absolute Gasteiger partial charge is 0.466 e. The lowest BCUT2D eigenvalue weighted by Crippen LogP contribution is -2.29. The Morgan fingerprint density at radius 1 is 1.57 bits per heavy atom. The Kier molecular flexibility index (Phi) is 4.19. The topological polar surface area (TPSA) is 30.2 Å². The van der Waals surface area contributed by atoms with Crippen LogP contribution in [0.4, 0.5) is 0 Å². The van der Waals surface area contributed by atoms with Gasteiger partial charge in [-0.2, -0.15) is 4.57 Å². The number of aryl methyl sites for hydroxylation is 1. The van der Waals surface area contributed by atoms with Gasteiger partial charge < -0.3 is 4.74 Å². The van der Waals surface area contributed by atoms with E-state index in [9.17, 15) is 4.79 Å². The predicted molar refractivity (Wildman–Crippen MR) is 54.6 cm³/mol. The van der Waals surface area contributed by atoms with Crippen LogP contribution < -0.4 is 4.57 Å². The minimum Gasteiger partial charge on any atom is -0.466 e. The minimum absolute atomic E-state index is 0.337. The van der Waals surface area contributed by atoms with Gasteiger partial charge in [0.15, 0.2) is 6.20 Å². The predicted octanol–water partition coefficient (Wildman–Crippen LogP) is 1.29. The zero-order valence-electron chi connectivity index (χ0n) is 8.14. The van der Waals surface area contributed by atoms with Crippen LogP contribution in [0.3, 0.4) is 0 Å². The van der Waals surface area contributed by atoms with Gasteiger partial charge in [0.1, 0.15) is 7.05 Å². The van der Waals surface area contributed by atoms with Crippen LogP contribution >= 0.6 is 11.8 Å². The van der Waals surface area contributed by atoms with E-state index in [-0.39, 0.29) is 5.97 Å². The number of hydrogen-bond acceptors (Lipinski definition) is 3. The molecule has 1 aromatic heterocycles. The first kappa shape index (κ1) is 10.8. The van der Waals surface area contributed by atoms with E-state index in [1.165, 1.54) is 24.9 Å². The van der Waals surface area contributed by atoms with Crippen molar-refractivity contribution in [1.82, 2.24) is 0 Å². The standard InChI is InChI=1S/C10H12NO2S/c1-11-7-4-3-5-9(11)14-8-6-10(12)13-2/h3-8H,1-2H3/q+1/b8-6+. The van der Waals surface area contributed by atoms with Gasteiger partial charge in [-0.15, -0.1) is 0 Å². The van der Waals surface area contributed by atoms with E-state index in [4.69, 9.17) is 0 Å². The van der Waals surface area contributed by atoms with Gasteiger partial charge in [-0.1, -0.05) is 0 Å². The fourth-order valence-electron chi connectivity index (χ4n) is 0.857. The summed E-state index contributed by atoms with van der Waals surface area (Å²) in [5.74, 6) is -0.337. The lowest BCUT2D eigenvalue weighted by atomic mass is 10.5. The van der Waals surface area contributed by atoms with Crippen molar-refractivity contribution in [1.29, 1.82) is 0 Å². The van der Waals surface area contributed by atoms with Gasteiger partial charge >= 0.3 is 5.97 Å². The molecule has 1 rings (SSSR count). The second-order valence-electron chi connectivity index (χ2n) is 2.59. The summed E-state index contributed by atoms with van der Waals surface area (Å²) in [4.78, 5) is 10.8. The summed E-state index contributed by atoms with van der Waals surface area (Å²) in [5, 5.41) is 2.77. The van der Waals surface area contributed by atoms with Crippen molar-refractivity contribution in [2.75, 3.05) is 7.11 Å². The van der Waals surface area contributed by atoms with Crippen molar-refractivity contribution >= 4 is 17.7 Å². The first-order chi connectivity index (χ1) is 6.74. The van der Waals surface area contributed by atoms with Crippen LogP contribution in [0.2, 0.25) is 0 Å². The highest BCUT2D eigenvalue weighted by atomic mass is 32.2. The lowest BCUT2D eigenvalue weighted by molar-refractivity contribution is -0.708. The summed E-state index contributed by atoms with van der Waals surface area (Å²) in [5.41, 5.74) is 0. The van der Waals surface area contributed by atoms with Crippen LogP contribution in [-0.2, 0) is 16.6 Å². The maximum atomic E-state index is 10.8. The van der Waals surface area contributed by atoms with Crippen molar-refractivity contribution in [3.63, 3.8) is 0 Å². The number of hydrogen-bond donors (Lipinski definition) is 0. The fraction of sp³-hybridized carbons (Fsp3) is 0.200. The molecule has 0 bridgehead atoms. The molecule has 0 radical (unpaired) electrons. The molecule has 0 saturated carbocycles. The summed E-state index contributed by atoms with van der Waals surface area (Å²) in [6, 6.07) is 5.88. The third-order valence-electron chi connectivity index (χ3n) is 1.60. The minimum atomic E-state index is -0.337. The average molecular weight is 210 g/mol. The molecule has 1 heterocycles. The molecule has 0 aromatic carbocycles. The number of thioether (sulfide) groups is 1. The molecule has 0 fully saturated rings. The van der Waals surface area contributed by atoms with Gasteiger partial charge in [0.2, 0.25) is 5.03 Å². The number of pyridine rings is 1. The van der Waals surface area contributed by atoms with E-state index in [2.05, 4.69) is 4.74 Å². The smallest absolute Gasteiger partial charge is 0.331 e. The zero-order chi connectivity index (χ0) is 10.4. The van der Waals surface area contributed by atoms with E-state index in [0.717, 1.165) is 5.03 Å². The van der Waals surface area contributed by atoms with Crippen LogP contribution in [0.25, 0.3) is 0 Å². The van der Waals surface area contributed by atoms with E-state index in [1.807, 2.05) is 36.0 Å². The van der Waals surface area contributed by atoms with E-state index in [0.29, 0.717) is 0 Å². The molecule has 0 aliphatic heterocycles. The first-order valence-electron chi connectivity index (χ1n) is 4.10. The molecule has 3 nitrogen and oxygen atoms in total. The Hall–Kier alpha value is -1.29. The molecule has 0 spiro atoms. The fourth-order valence-corrected chi connectivity index (χ4v) is 1.56. The number of ether oxygens (including phenoxy) is 1. The number of carbonyl (C=O) groups excluding carboxylic acids is 1. The molecule has 0 amide bonds. The SMILES string of the molecule is COC(=O)/C=C/Sc1cccc[n+]1C. The van der Waals surface area contributed by atoms with Gasteiger partial charge in [-0.05, 0) is 23.2 Å². The number of methoxy groups -OCH3 is 1. The number of rotatable bonds is 3. The highest BCUT2D eigenvalue weighted by Gasteiger charge is 2.02. The van der Waals surface area contributed by atoms with Crippen molar-refractivity contribution in [3.05, 3.63) is 35.9 Å². The summed E-state index contributed by atoms with van der Waals surface area (Å²) in [6.07, 6.45) is 3.35. The van der Waals surface area contributed by atoms with Crippen molar-refractivity contribution in [2.45, 2.75) is 5.03 Å². The van der Waals surface area contributed by atoms with Gasteiger partial charge in [-0.25, -0.2) is 4.79 Å². The first-order valence-corrected chi connectivity index (χ1v) is 4.98. The van der Waals surface area contributed by atoms with Crippen LogP contribution in [0.1, 0.15) is 0 Å². The summed E-state index contributed by atoms with van der Waals surface area (Å²) >= 11 is 1.47. The normalized spacial score (nSPS) is 10.4. The second-order valence-corrected chi connectivity index (χ2v) is 3.52. The molecule has 14 heavy (non-hydrogen) atoms. The number of esters is 1. The quantitative estimate of drug-likeness (QED) is 0.326. The molecular formula is C10H12NO2S+. The zero-order valence-corrected chi connectivity index (χ0v) is 8.95. The molecule has 0 saturated heterocycles. The average Bonchev–Trinajstić information content (AvgIpc) is 2.20. The summed E-state index contributed by atoms with van der Waals surface area (Å²) < 4.78 is 6.45. The van der Waals surface area contributed by atoms with Crippen molar-refractivity contribution < 1.29 is 14.1 Å². The van der Waals surface area contributed by atoms with Gasteiger partial charge in [0, 0.05) is 18.2 Å². The highest BCUT2D eigenvalue weighted by molar-refractivity contribution is 8.02. The molecule has 0 aliphatic rings. The molecule has 74 valence electrons. The Labute approximate surface area is 87.4 Å². The summed E-state index contributed by atoms with van der Waals surface area (Å²) in [7, 11) is 3.31. The van der Waals surface area contributed by atoms with Crippen LogP contribution in [0.5, 0.6) is 0 Å². The number of aromatic nitrogens is 1. The third kappa shape index (κ3) is 3.22. The highest BCUT2D eigenvalue weighted by Crippen LogP contribution is 2.13. The van der Waals surface area contributed by atoms with Crippen LogP contribution in [0, 0.1) is 0 Å². The van der Waals surface area contributed by atoms with Crippen LogP contribution in [-0.4, -0.2) is 13.1 Å². The monoisotopic (exact) mass is 210 g/mol. The molecular weight excluding hydrogens is 198 g/mol. The Bertz CT molecular complexity index is 350. The lowest BCUT2D eigenvalue weighted by Gasteiger charge is -1.93. The Balaban J connectivity index is 2.58. The van der Waals surface area contributed by atoms with E-state index < -0.39 is 0 Å². The molecule has 4 heteroatoms. The van der Waals surface area contributed by atoms with Gasteiger partial charge in [0.05, 0.1) is 7.11 Å². The van der Waals surface area contributed by atoms with E-state index in [1.54, 1.807) is 5.41 Å². The molecule has 0 unspecified atom stereocenters. The molecule has 1 aromatic rings. The van der Waals surface area contributed by atoms with Gasteiger partial charge in [-0.3, -0.25) is 0 Å². The third-order valence-corrected chi connectivity index (χ3v) is 2.54. The maximum absolute atomic E-state index is 10.8. The summed E-state index contributed by atoms with van der Waals surface area (Å²) in [6.45, 7) is 0. The van der Waals surface area contributed by atoms with Crippen LogP contribution in [0.15, 0.2) is 40.9 Å².